The molecule has 0 radical (unpaired) electrons. The average Bonchev–Trinajstić information content (AvgIpc) is 2.76. The molecule has 0 fully saturated rings. The number of aliphatic hydroxyl groups is 1. The molecule has 2 rings (SSSR count). The molecule has 3 N–H and O–H groups in total. The van der Waals surface area contributed by atoms with Gasteiger partial charge in [0.25, 0.3) is 7.41 Å². The lowest BCUT2D eigenvalue weighted by atomic mass is 9.91. The van der Waals surface area contributed by atoms with Crippen molar-refractivity contribution in [3.63, 3.8) is 0 Å². The van der Waals surface area contributed by atoms with Crippen LogP contribution in [0.2, 0.25) is 0 Å². The first-order chi connectivity index (χ1) is 15.6. The summed E-state index contributed by atoms with van der Waals surface area (Å²) in [5.41, 5.74) is 1.46. The molecule has 0 bridgehead atoms. The fraction of sp³-hybridized carbons (Fsp3) is 0.391. The molecule has 33 heavy (non-hydrogen) atoms. The van der Waals surface area contributed by atoms with Crippen LogP contribution in [-0.2, 0) is 26.0 Å². The van der Waals surface area contributed by atoms with E-state index in [9.17, 15) is 23.1 Å². The molecule has 1 amide bonds. The lowest BCUT2D eigenvalue weighted by Gasteiger charge is -2.30. The number of rotatable bonds is 13. The molecule has 0 aromatic heterocycles. The van der Waals surface area contributed by atoms with E-state index in [0.717, 1.165) is 5.56 Å². The number of carbonyl (C=O) groups is 2. The normalized spacial score (nSPS) is 13.5. The first-order valence-corrected chi connectivity index (χ1v) is 12.3. The van der Waals surface area contributed by atoms with E-state index in [1.165, 1.54) is 35.5 Å². The van der Waals surface area contributed by atoms with Crippen molar-refractivity contribution in [3.05, 3.63) is 60.2 Å². The van der Waals surface area contributed by atoms with E-state index in [1.54, 1.807) is 0 Å². The maximum atomic E-state index is 13.4. The summed E-state index contributed by atoms with van der Waals surface area (Å²) in [6, 6.07) is 14.9. The number of nitrogens with one attached hydrogen (secondary N) is 2. The second-order valence-corrected chi connectivity index (χ2v) is 10.3. The zero-order valence-corrected chi connectivity index (χ0v) is 20.1. The standard InChI is InChI=1S/C23H32BN3O5S/c1-17(2)14-27(33(31,32)21-11-9-20(10-12-21)25-18(3)29)15-23(30)22(26-24-16-28)13-19-7-5-4-6-8-19/h4-12,16-17,22-24,26,30H,13-15H2,1-3H3,(H,25,29)/t22-,23+/m0/s1. The lowest BCUT2D eigenvalue weighted by molar-refractivity contribution is -0.114. The third-order valence-corrected chi connectivity index (χ3v) is 6.84. The Bertz CT molecular complexity index is 1000. The molecular formula is C23H32BN3O5S. The zero-order valence-electron chi connectivity index (χ0n) is 19.3. The Morgan fingerprint density at radius 2 is 1.73 bits per heavy atom. The quantitative estimate of drug-likeness (QED) is 0.299. The van der Waals surface area contributed by atoms with Crippen molar-refractivity contribution < 1.29 is 23.1 Å². The van der Waals surface area contributed by atoms with Crippen molar-refractivity contribution in [1.82, 2.24) is 9.53 Å². The van der Waals surface area contributed by atoms with Crippen molar-refractivity contribution in [2.24, 2.45) is 5.92 Å². The topological polar surface area (TPSA) is 116 Å². The van der Waals surface area contributed by atoms with E-state index >= 15 is 0 Å². The van der Waals surface area contributed by atoms with E-state index in [2.05, 4.69) is 10.5 Å². The van der Waals surface area contributed by atoms with Gasteiger partial charge >= 0.3 is 0 Å². The van der Waals surface area contributed by atoms with E-state index < -0.39 is 22.2 Å². The second-order valence-electron chi connectivity index (χ2n) is 8.36. The number of hydrogen-bond acceptors (Lipinski definition) is 6. The summed E-state index contributed by atoms with van der Waals surface area (Å²) in [5.74, 6) is -0.219. The summed E-state index contributed by atoms with van der Waals surface area (Å²) in [4.78, 5) is 22.2. The molecule has 0 aliphatic heterocycles. The summed E-state index contributed by atoms with van der Waals surface area (Å²) in [6.07, 6.45) is 0.109. The molecule has 0 spiro atoms. The van der Waals surface area contributed by atoms with Crippen LogP contribution in [0.1, 0.15) is 26.3 Å². The molecule has 2 aromatic carbocycles. The molecule has 0 aliphatic rings. The SMILES string of the molecule is CC(=O)Nc1ccc(S(=O)(=O)N(CC(C)C)C[C@@H](O)[C@H](Cc2ccccc2)NBC=O)cc1. The fourth-order valence-corrected chi connectivity index (χ4v) is 5.11. The lowest BCUT2D eigenvalue weighted by Crippen LogP contribution is -2.50. The Morgan fingerprint density at radius 1 is 1.09 bits per heavy atom. The number of aliphatic hydroxyl groups excluding tert-OH is 1. The van der Waals surface area contributed by atoms with Crippen LogP contribution in [-0.4, -0.2) is 62.6 Å². The highest BCUT2D eigenvalue weighted by Crippen LogP contribution is 2.21. The van der Waals surface area contributed by atoms with Crippen molar-refractivity contribution >= 4 is 35.2 Å². The number of anilines is 1. The number of hydrogen-bond donors (Lipinski definition) is 3. The predicted molar refractivity (Wildman–Crippen MR) is 131 cm³/mol. The molecule has 2 atom stereocenters. The van der Waals surface area contributed by atoms with Gasteiger partial charge in [-0.1, -0.05) is 44.2 Å². The van der Waals surface area contributed by atoms with Gasteiger partial charge in [-0.2, -0.15) is 4.31 Å². The summed E-state index contributed by atoms with van der Waals surface area (Å²) in [6.45, 7) is 5.28. The van der Waals surface area contributed by atoms with Gasteiger partial charge in [0.2, 0.25) is 15.9 Å². The minimum atomic E-state index is -3.90. The number of amides is 1. The maximum absolute atomic E-state index is 13.4. The molecule has 0 saturated carbocycles. The van der Waals surface area contributed by atoms with Crippen LogP contribution in [0.4, 0.5) is 5.69 Å². The summed E-state index contributed by atoms with van der Waals surface area (Å²) in [5, 5.41) is 16.6. The Morgan fingerprint density at radius 3 is 2.27 bits per heavy atom. The van der Waals surface area contributed by atoms with Gasteiger partial charge in [0.05, 0.1) is 17.2 Å². The highest BCUT2D eigenvalue weighted by molar-refractivity contribution is 7.89. The molecular weight excluding hydrogens is 441 g/mol. The van der Waals surface area contributed by atoms with E-state index in [1.807, 2.05) is 44.2 Å². The summed E-state index contributed by atoms with van der Waals surface area (Å²) < 4.78 is 28.0. The van der Waals surface area contributed by atoms with Crippen LogP contribution in [0, 0.1) is 5.92 Å². The van der Waals surface area contributed by atoms with Crippen molar-refractivity contribution in [1.29, 1.82) is 0 Å². The first-order valence-electron chi connectivity index (χ1n) is 10.9. The highest BCUT2D eigenvalue weighted by Gasteiger charge is 2.30. The molecule has 0 unspecified atom stereocenters. The average molecular weight is 473 g/mol. The van der Waals surface area contributed by atoms with Gasteiger partial charge < -0.3 is 20.4 Å². The maximum Gasteiger partial charge on any atom is 0.278 e. The minimum absolute atomic E-state index is 0.0288. The van der Waals surface area contributed by atoms with Crippen LogP contribution in [0.15, 0.2) is 59.5 Å². The van der Waals surface area contributed by atoms with E-state index in [0.29, 0.717) is 18.3 Å². The third kappa shape index (κ3) is 8.40. The molecule has 0 aliphatic carbocycles. The predicted octanol–water partition coefficient (Wildman–Crippen LogP) is 1.40. The number of carbonyl (C=O) groups excluding carboxylic acids is 2. The molecule has 10 heteroatoms. The van der Waals surface area contributed by atoms with E-state index in [-0.39, 0.29) is 37.2 Å². The van der Waals surface area contributed by atoms with Crippen molar-refractivity contribution in [3.8, 4) is 0 Å². The van der Waals surface area contributed by atoms with Gasteiger partial charge in [-0.05, 0) is 42.2 Å². The summed E-state index contributed by atoms with van der Waals surface area (Å²) >= 11 is 0. The number of nitrogens with zero attached hydrogens (tertiary/aromatic N) is 1. The van der Waals surface area contributed by atoms with Gasteiger partial charge in [0, 0.05) is 31.7 Å². The van der Waals surface area contributed by atoms with Crippen molar-refractivity contribution in [2.75, 3.05) is 18.4 Å². The summed E-state index contributed by atoms with van der Waals surface area (Å²) in [7, 11) is -3.85. The largest absolute Gasteiger partial charge is 0.390 e. The molecule has 178 valence electrons. The zero-order chi connectivity index (χ0) is 24.4. The Balaban J connectivity index is 2.25. The number of benzene rings is 2. The van der Waals surface area contributed by atoms with Crippen molar-refractivity contribution in [2.45, 2.75) is 44.2 Å². The fourth-order valence-electron chi connectivity index (χ4n) is 3.49. The van der Waals surface area contributed by atoms with Gasteiger partial charge in [-0.15, -0.1) is 0 Å². The van der Waals surface area contributed by atoms with Crippen LogP contribution in [0.25, 0.3) is 0 Å². The number of sulfonamides is 1. The van der Waals surface area contributed by atoms with Crippen LogP contribution in [0.3, 0.4) is 0 Å². The Kier molecular flexibility index (Phi) is 10.2. The molecule has 0 heterocycles. The van der Waals surface area contributed by atoms with Crippen LogP contribution < -0.4 is 10.5 Å². The highest BCUT2D eigenvalue weighted by atomic mass is 32.2. The first kappa shape index (κ1) is 26.7. The smallest absolute Gasteiger partial charge is 0.278 e. The second kappa shape index (κ2) is 12.6. The van der Waals surface area contributed by atoms with Gasteiger partial charge in [0.1, 0.15) is 0 Å². The van der Waals surface area contributed by atoms with Gasteiger partial charge in [-0.25, -0.2) is 8.42 Å². The monoisotopic (exact) mass is 473 g/mol. The Hall–Kier alpha value is -2.53. The molecule has 0 saturated heterocycles. The minimum Gasteiger partial charge on any atom is -0.390 e. The molecule has 8 nitrogen and oxygen atoms in total. The van der Waals surface area contributed by atoms with Gasteiger partial charge in [0.15, 0.2) is 0 Å². The van der Waals surface area contributed by atoms with E-state index in [4.69, 9.17) is 0 Å². The van der Waals surface area contributed by atoms with Gasteiger partial charge in [-0.3, -0.25) is 4.79 Å². The van der Waals surface area contributed by atoms with Crippen LogP contribution in [0.5, 0.6) is 0 Å². The third-order valence-electron chi connectivity index (χ3n) is 5.00. The van der Waals surface area contributed by atoms with Crippen LogP contribution >= 0.6 is 0 Å². The molecule has 2 aromatic rings. The Labute approximate surface area is 196 Å².